The van der Waals surface area contributed by atoms with Gasteiger partial charge in [-0.05, 0) is 55.2 Å². The number of rotatable bonds is 8. The summed E-state index contributed by atoms with van der Waals surface area (Å²) in [4.78, 5) is 27.7. The van der Waals surface area contributed by atoms with Crippen molar-refractivity contribution in [2.75, 3.05) is 7.11 Å². The Bertz CT molecular complexity index is 846. The minimum Gasteiger partial charge on any atom is -0.497 e. The van der Waals surface area contributed by atoms with E-state index in [1.165, 1.54) is 0 Å². The van der Waals surface area contributed by atoms with Gasteiger partial charge in [0.1, 0.15) is 11.8 Å². The molecule has 0 bridgehead atoms. The third-order valence-electron chi connectivity index (χ3n) is 5.65. The first-order valence-corrected chi connectivity index (χ1v) is 10.8. The van der Waals surface area contributed by atoms with Crippen molar-refractivity contribution in [3.05, 3.63) is 64.7 Å². The van der Waals surface area contributed by atoms with Gasteiger partial charge in [-0.25, -0.2) is 0 Å². The van der Waals surface area contributed by atoms with Crippen LogP contribution in [0.5, 0.6) is 5.75 Å². The molecule has 2 amide bonds. The molecule has 160 valence electrons. The van der Waals surface area contributed by atoms with Crippen LogP contribution < -0.4 is 10.1 Å². The van der Waals surface area contributed by atoms with E-state index in [9.17, 15) is 9.59 Å². The molecule has 6 heteroatoms. The predicted octanol–water partition coefficient (Wildman–Crippen LogP) is 4.37. The van der Waals surface area contributed by atoms with Crippen molar-refractivity contribution < 1.29 is 14.3 Å². The maximum absolute atomic E-state index is 13.2. The van der Waals surface area contributed by atoms with Gasteiger partial charge < -0.3 is 15.0 Å². The first-order chi connectivity index (χ1) is 14.5. The predicted molar refractivity (Wildman–Crippen MR) is 119 cm³/mol. The third kappa shape index (κ3) is 5.99. The van der Waals surface area contributed by atoms with Crippen LogP contribution in [0.1, 0.15) is 43.7 Å². The maximum atomic E-state index is 13.2. The van der Waals surface area contributed by atoms with E-state index in [-0.39, 0.29) is 24.3 Å². The quantitative estimate of drug-likeness (QED) is 0.679. The molecule has 2 aromatic rings. The number of carbonyl (C=O) groups is 2. The molecule has 0 saturated heterocycles. The van der Waals surface area contributed by atoms with Crippen LogP contribution in [0.25, 0.3) is 0 Å². The van der Waals surface area contributed by atoms with Gasteiger partial charge in [0.05, 0.1) is 13.5 Å². The van der Waals surface area contributed by atoms with E-state index >= 15 is 0 Å². The van der Waals surface area contributed by atoms with E-state index in [0.717, 1.165) is 42.6 Å². The van der Waals surface area contributed by atoms with Gasteiger partial charge in [0.15, 0.2) is 0 Å². The van der Waals surface area contributed by atoms with Crippen LogP contribution in [0, 0.1) is 0 Å². The lowest BCUT2D eigenvalue weighted by molar-refractivity contribution is -0.140. The first kappa shape index (κ1) is 22.2. The Balaban J connectivity index is 1.75. The largest absolute Gasteiger partial charge is 0.497 e. The average Bonchev–Trinajstić information content (AvgIpc) is 3.26. The summed E-state index contributed by atoms with van der Waals surface area (Å²) in [5.74, 6) is 0.562. The van der Waals surface area contributed by atoms with Crippen molar-refractivity contribution in [2.24, 2.45) is 0 Å². The highest BCUT2D eigenvalue weighted by Gasteiger charge is 2.28. The fraction of sp³-hybridized carbons (Fsp3) is 0.417. The minimum absolute atomic E-state index is 0.0952. The van der Waals surface area contributed by atoms with Gasteiger partial charge in [-0.1, -0.05) is 48.7 Å². The molecule has 3 rings (SSSR count). The monoisotopic (exact) mass is 428 g/mol. The SMILES string of the molecule is COc1ccc(CN(C(=O)Cc2ccc(Cl)cc2)C(C)C(=O)NC2CCCC2)cc1. The fourth-order valence-electron chi connectivity index (χ4n) is 3.78. The van der Waals surface area contributed by atoms with E-state index in [4.69, 9.17) is 16.3 Å². The normalized spacial score (nSPS) is 14.9. The number of hydrogen-bond donors (Lipinski definition) is 1. The Morgan fingerprint density at radius 1 is 1.07 bits per heavy atom. The molecule has 1 fully saturated rings. The second kappa shape index (κ2) is 10.5. The highest BCUT2D eigenvalue weighted by molar-refractivity contribution is 6.30. The summed E-state index contributed by atoms with van der Waals surface area (Å²) in [7, 11) is 1.62. The topological polar surface area (TPSA) is 58.6 Å². The standard InChI is InChI=1S/C24H29ClN2O3/c1-17(24(29)26-21-5-3-4-6-21)27(16-19-9-13-22(30-2)14-10-19)23(28)15-18-7-11-20(25)12-8-18/h7-14,17,21H,3-6,15-16H2,1-2H3,(H,26,29). The Hall–Kier alpha value is -2.53. The first-order valence-electron chi connectivity index (χ1n) is 10.4. The third-order valence-corrected chi connectivity index (χ3v) is 5.90. The number of ether oxygens (including phenoxy) is 1. The van der Waals surface area contributed by atoms with Crippen molar-refractivity contribution in [1.29, 1.82) is 0 Å². The van der Waals surface area contributed by atoms with Gasteiger partial charge >= 0.3 is 0 Å². The van der Waals surface area contributed by atoms with Gasteiger partial charge in [-0.3, -0.25) is 9.59 Å². The number of halogens is 1. The highest BCUT2D eigenvalue weighted by atomic mass is 35.5. The van der Waals surface area contributed by atoms with Crippen molar-refractivity contribution in [2.45, 2.75) is 57.7 Å². The molecule has 1 aliphatic rings. The lowest BCUT2D eigenvalue weighted by Crippen LogP contribution is -2.50. The highest BCUT2D eigenvalue weighted by Crippen LogP contribution is 2.20. The molecule has 1 N–H and O–H groups in total. The Morgan fingerprint density at radius 3 is 2.27 bits per heavy atom. The number of methoxy groups -OCH3 is 1. The summed E-state index contributed by atoms with van der Waals surface area (Å²) in [6.07, 6.45) is 4.52. The zero-order chi connectivity index (χ0) is 21.5. The minimum atomic E-state index is -0.562. The molecule has 0 aromatic heterocycles. The second-order valence-electron chi connectivity index (χ2n) is 7.84. The van der Waals surface area contributed by atoms with Crippen LogP contribution >= 0.6 is 11.6 Å². The molecule has 5 nitrogen and oxygen atoms in total. The second-order valence-corrected chi connectivity index (χ2v) is 8.28. The van der Waals surface area contributed by atoms with Gasteiger partial charge in [-0.2, -0.15) is 0 Å². The van der Waals surface area contributed by atoms with Gasteiger partial charge in [-0.15, -0.1) is 0 Å². The van der Waals surface area contributed by atoms with E-state index in [1.54, 1.807) is 31.1 Å². The zero-order valence-corrected chi connectivity index (χ0v) is 18.3. The average molecular weight is 429 g/mol. The molecule has 0 radical (unpaired) electrons. The Labute approximate surface area is 183 Å². The smallest absolute Gasteiger partial charge is 0.242 e. The molecule has 30 heavy (non-hydrogen) atoms. The van der Waals surface area contributed by atoms with Crippen LogP contribution in [0.2, 0.25) is 5.02 Å². The summed E-state index contributed by atoms with van der Waals surface area (Å²) >= 11 is 5.96. The molecule has 0 heterocycles. The van der Waals surface area contributed by atoms with Crippen molar-refractivity contribution >= 4 is 23.4 Å². The molecule has 1 saturated carbocycles. The number of nitrogens with zero attached hydrogens (tertiary/aromatic N) is 1. The molecule has 0 spiro atoms. The van der Waals surface area contributed by atoms with Crippen molar-refractivity contribution in [1.82, 2.24) is 10.2 Å². The summed E-state index contributed by atoms with van der Waals surface area (Å²) in [5.41, 5.74) is 1.81. The summed E-state index contributed by atoms with van der Waals surface area (Å²) in [5, 5.41) is 3.75. The summed E-state index contributed by atoms with van der Waals surface area (Å²) in [6, 6.07) is 14.4. The fourth-order valence-corrected chi connectivity index (χ4v) is 3.91. The number of nitrogens with one attached hydrogen (secondary N) is 1. The Kier molecular flexibility index (Phi) is 7.75. The molecule has 1 unspecified atom stereocenters. The van der Waals surface area contributed by atoms with E-state index in [2.05, 4.69) is 5.32 Å². The molecule has 2 aromatic carbocycles. The van der Waals surface area contributed by atoms with Crippen molar-refractivity contribution in [3.63, 3.8) is 0 Å². The zero-order valence-electron chi connectivity index (χ0n) is 17.6. The molecular formula is C24H29ClN2O3. The van der Waals surface area contributed by atoms with Crippen LogP contribution in [0.4, 0.5) is 0 Å². The van der Waals surface area contributed by atoms with Crippen LogP contribution in [0.3, 0.4) is 0 Å². The lowest BCUT2D eigenvalue weighted by atomic mass is 10.1. The van der Waals surface area contributed by atoms with Gasteiger partial charge in [0.2, 0.25) is 11.8 Å². The summed E-state index contributed by atoms with van der Waals surface area (Å²) in [6.45, 7) is 2.16. The van der Waals surface area contributed by atoms with Gasteiger partial charge in [0, 0.05) is 17.6 Å². The van der Waals surface area contributed by atoms with E-state index < -0.39 is 6.04 Å². The molecular weight excluding hydrogens is 400 g/mol. The Morgan fingerprint density at radius 2 is 1.67 bits per heavy atom. The molecule has 1 aliphatic carbocycles. The molecule has 0 aliphatic heterocycles. The van der Waals surface area contributed by atoms with Crippen LogP contribution in [-0.2, 0) is 22.6 Å². The van der Waals surface area contributed by atoms with E-state index in [1.807, 2.05) is 36.4 Å². The van der Waals surface area contributed by atoms with Crippen LogP contribution in [0.15, 0.2) is 48.5 Å². The number of benzene rings is 2. The lowest BCUT2D eigenvalue weighted by Gasteiger charge is -2.30. The summed E-state index contributed by atoms with van der Waals surface area (Å²) < 4.78 is 5.21. The number of carbonyl (C=O) groups excluding carboxylic acids is 2. The maximum Gasteiger partial charge on any atom is 0.242 e. The molecule has 1 atom stereocenters. The van der Waals surface area contributed by atoms with Crippen molar-refractivity contribution in [3.8, 4) is 5.75 Å². The van der Waals surface area contributed by atoms with Gasteiger partial charge in [0.25, 0.3) is 0 Å². The van der Waals surface area contributed by atoms with E-state index in [0.29, 0.717) is 11.6 Å². The number of amides is 2. The number of hydrogen-bond acceptors (Lipinski definition) is 3. The van der Waals surface area contributed by atoms with Crippen LogP contribution in [-0.4, -0.2) is 35.9 Å².